The van der Waals surface area contributed by atoms with E-state index in [4.69, 9.17) is 4.74 Å². The molecule has 0 radical (unpaired) electrons. The molecule has 0 heterocycles. The van der Waals surface area contributed by atoms with Gasteiger partial charge in [-0.2, -0.15) is 0 Å². The van der Waals surface area contributed by atoms with Gasteiger partial charge in [0.05, 0.1) is 5.56 Å². The van der Waals surface area contributed by atoms with E-state index in [1.807, 2.05) is 6.08 Å². The molecule has 0 N–H and O–H groups in total. The molecular weight excluding hydrogens is 437 g/mol. The van der Waals surface area contributed by atoms with Crippen molar-refractivity contribution in [3.8, 4) is 17.6 Å². The molecule has 0 aliphatic heterocycles. The van der Waals surface area contributed by atoms with Crippen LogP contribution in [0.25, 0.3) is 10.8 Å². The van der Waals surface area contributed by atoms with E-state index in [0.29, 0.717) is 11.5 Å². The molecule has 174 valence electrons. The lowest BCUT2D eigenvalue weighted by molar-refractivity contribution is 0.0735. The van der Waals surface area contributed by atoms with Crippen LogP contribution >= 0.6 is 0 Å². The predicted octanol–water partition coefficient (Wildman–Crippen LogP) is 7.60. The molecule has 0 saturated heterocycles. The molecule has 5 heteroatoms. The van der Waals surface area contributed by atoms with Gasteiger partial charge in [0.15, 0.2) is 17.5 Å². The van der Waals surface area contributed by atoms with Crippen LogP contribution in [0.1, 0.15) is 54.4 Å². The lowest BCUT2D eigenvalue weighted by atomic mass is 9.80. The van der Waals surface area contributed by atoms with Gasteiger partial charge in [0, 0.05) is 16.9 Å². The average Bonchev–Trinajstić information content (AvgIpc) is 2.85. The quantitative estimate of drug-likeness (QED) is 0.128. The van der Waals surface area contributed by atoms with Crippen molar-refractivity contribution in [3.63, 3.8) is 0 Å². The van der Waals surface area contributed by atoms with E-state index in [-0.39, 0.29) is 16.5 Å². The Balaban J connectivity index is 1.37. The minimum Gasteiger partial charge on any atom is -0.423 e. The summed E-state index contributed by atoms with van der Waals surface area (Å²) in [6, 6.07) is 11.6. The van der Waals surface area contributed by atoms with Crippen LogP contribution in [0.4, 0.5) is 13.2 Å². The highest BCUT2D eigenvalue weighted by Crippen LogP contribution is 2.31. The second-order valence-corrected chi connectivity index (χ2v) is 8.69. The molecule has 0 bridgehead atoms. The number of rotatable bonds is 5. The highest BCUT2D eigenvalue weighted by Gasteiger charge is 2.19. The van der Waals surface area contributed by atoms with Crippen LogP contribution < -0.4 is 4.74 Å². The third-order valence-electron chi connectivity index (χ3n) is 6.32. The SMILES string of the molecule is C=CCCC1CCC(C#Cc2ccc(C(=O)Oc3ccc4c(F)c(F)c(F)cc4c3)cc2)CC1. The van der Waals surface area contributed by atoms with E-state index >= 15 is 0 Å². The molecule has 0 amide bonds. The highest BCUT2D eigenvalue weighted by molar-refractivity contribution is 5.92. The fourth-order valence-electron chi connectivity index (χ4n) is 4.34. The Kier molecular flexibility index (Phi) is 7.37. The maximum absolute atomic E-state index is 13.9. The Morgan fingerprint density at radius 1 is 1.00 bits per heavy atom. The van der Waals surface area contributed by atoms with Crippen molar-refractivity contribution in [2.24, 2.45) is 11.8 Å². The number of benzene rings is 3. The number of carbonyl (C=O) groups excluding carboxylic acids is 1. The average molecular weight is 463 g/mol. The Morgan fingerprint density at radius 3 is 2.44 bits per heavy atom. The monoisotopic (exact) mass is 462 g/mol. The molecule has 0 aromatic heterocycles. The van der Waals surface area contributed by atoms with Gasteiger partial charge in [-0.3, -0.25) is 0 Å². The van der Waals surface area contributed by atoms with Crippen LogP contribution in [-0.4, -0.2) is 5.97 Å². The van der Waals surface area contributed by atoms with Crippen LogP contribution in [0.5, 0.6) is 5.75 Å². The van der Waals surface area contributed by atoms with E-state index < -0.39 is 23.4 Å². The number of halogens is 3. The highest BCUT2D eigenvalue weighted by atomic mass is 19.2. The molecule has 2 nitrogen and oxygen atoms in total. The molecule has 4 rings (SSSR count). The van der Waals surface area contributed by atoms with Gasteiger partial charge in [0.25, 0.3) is 0 Å². The summed E-state index contributed by atoms with van der Waals surface area (Å²) in [5.74, 6) is 3.14. The molecule has 0 atom stereocenters. The first-order chi connectivity index (χ1) is 16.4. The molecule has 0 unspecified atom stereocenters. The first-order valence-corrected chi connectivity index (χ1v) is 11.5. The maximum Gasteiger partial charge on any atom is 0.343 e. The Hall–Kier alpha value is -3.52. The molecule has 3 aromatic carbocycles. The smallest absolute Gasteiger partial charge is 0.343 e. The number of hydrogen-bond acceptors (Lipinski definition) is 2. The van der Waals surface area contributed by atoms with Gasteiger partial charge in [-0.25, -0.2) is 18.0 Å². The van der Waals surface area contributed by atoms with Crippen LogP contribution in [0.15, 0.2) is 61.2 Å². The molecule has 3 aromatic rings. The molecule has 1 aliphatic carbocycles. The predicted molar refractivity (Wildman–Crippen MR) is 127 cm³/mol. The third kappa shape index (κ3) is 5.51. The normalized spacial score (nSPS) is 17.6. The van der Waals surface area contributed by atoms with Crippen LogP contribution in [0.3, 0.4) is 0 Å². The number of hydrogen-bond donors (Lipinski definition) is 0. The lowest BCUT2D eigenvalue weighted by Crippen LogP contribution is -2.13. The van der Waals surface area contributed by atoms with E-state index in [9.17, 15) is 18.0 Å². The number of fused-ring (bicyclic) bond motifs is 1. The van der Waals surface area contributed by atoms with Crippen molar-refractivity contribution in [2.45, 2.75) is 38.5 Å². The Morgan fingerprint density at radius 2 is 1.74 bits per heavy atom. The van der Waals surface area contributed by atoms with E-state index in [1.54, 1.807) is 24.3 Å². The van der Waals surface area contributed by atoms with Crippen LogP contribution in [0.2, 0.25) is 0 Å². The van der Waals surface area contributed by atoms with Crippen molar-refractivity contribution < 1.29 is 22.7 Å². The molecule has 1 saturated carbocycles. The molecule has 34 heavy (non-hydrogen) atoms. The first-order valence-electron chi connectivity index (χ1n) is 11.5. The largest absolute Gasteiger partial charge is 0.423 e. The fourth-order valence-corrected chi connectivity index (χ4v) is 4.34. The second kappa shape index (κ2) is 10.6. The van der Waals surface area contributed by atoms with Gasteiger partial charge in [-0.05, 0) is 98.4 Å². The summed E-state index contributed by atoms with van der Waals surface area (Å²) in [5, 5.41) is 0.00828. The van der Waals surface area contributed by atoms with E-state index in [2.05, 4.69) is 18.4 Å². The molecule has 1 aliphatic rings. The summed E-state index contributed by atoms with van der Waals surface area (Å²) in [6.45, 7) is 3.79. The standard InChI is InChI=1S/C29H25F3O2/c1-2-3-4-19-5-7-20(8-6-19)9-10-21-11-13-22(14-12-21)29(33)34-24-15-16-25-23(17-24)18-26(30)28(32)27(25)31/h2,11-20H,1,3-8H2. The van der Waals surface area contributed by atoms with Crippen molar-refractivity contribution in [1.29, 1.82) is 0 Å². The van der Waals surface area contributed by atoms with Crippen molar-refractivity contribution in [3.05, 3.63) is 89.8 Å². The van der Waals surface area contributed by atoms with Crippen LogP contribution in [0, 0.1) is 41.1 Å². The van der Waals surface area contributed by atoms with Crippen molar-refractivity contribution >= 4 is 16.7 Å². The Bertz CT molecular complexity index is 1260. The summed E-state index contributed by atoms with van der Waals surface area (Å²) in [4.78, 5) is 12.5. The summed E-state index contributed by atoms with van der Waals surface area (Å²) < 4.78 is 46.1. The third-order valence-corrected chi connectivity index (χ3v) is 6.32. The van der Waals surface area contributed by atoms with Crippen LogP contribution in [-0.2, 0) is 0 Å². The van der Waals surface area contributed by atoms with Crippen molar-refractivity contribution in [2.75, 3.05) is 0 Å². The van der Waals surface area contributed by atoms with Crippen molar-refractivity contribution in [1.82, 2.24) is 0 Å². The zero-order chi connectivity index (χ0) is 24.1. The number of esters is 1. The van der Waals surface area contributed by atoms with Gasteiger partial charge >= 0.3 is 5.97 Å². The summed E-state index contributed by atoms with van der Waals surface area (Å²) >= 11 is 0. The maximum atomic E-state index is 13.9. The van der Waals surface area contributed by atoms with Gasteiger partial charge in [-0.1, -0.05) is 17.9 Å². The van der Waals surface area contributed by atoms with Gasteiger partial charge in [0.1, 0.15) is 5.75 Å². The Labute approximate surface area is 197 Å². The van der Waals surface area contributed by atoms with E-state index in [1.165, 1.54) is 37.5 Å². The number of allylic oxidation sites excluding steroid dienone is 1. The summed E-state index contributed by atoms with van der Waals surface area (Å²) in [6.07, 6.45) is 8.93. The zero-order valence-electron chi connectivity index (χ0n) is 18.8. The van der Waals surface area contributed by atoms with E-state index in [0.717, 1.165) is 36.8 Å². The van der Waals surface area contributed by atoms with Gasteiger partial charge in [0.2, 0.25) is 0 Å². The molecule has 0 spiro atoms. The summed E-state index contributed by atoms with van der Waals surface area (Å²) in [7, 11) is 0. The molecule has 1 fully saturated rings. The van der Waals surface area contributed by atoms with Gasteiger partial charge in [-0.15, -0.1) is 6.58 Å². The minimum atomic E-state index is -1.53. The minimum absolute atomic E-state index is 0.0909. The van der Waals surface area contributed by atoms with Gasteiger partial charge < -0.3 is 4.74 Å². The number of ether oxygens (including phenoxy) is 1. The first kappa shape index (κ1) is 23.6. The number of carbonyl (C=O) groups is 1. The fraction of sp³-hybridized carbons (Fsp3) is 0.276. The lowest BCUT2D eigenvalue weighted by Gasteiger charge is -2.25. The topological polar surface area (TPSA) is 26.3 Å². The molecular formula is C29H25F3O2. The second-order valence-electron chi connectivity index (χ2n) is 8.69. The summed E-state index contributed by atoms with van der Waals surface area (Å²) in [5.41, 5.74) is 1.15. The zero-order valence-corrected chi connectivity index (χ0v) is 18.8.